The molecule has 9 heteroatoms. The molecule has 0 unspecified atom stereocenters. The van der Waals surface area contributed by atoms with Crippen LogP contribution in [-0.4, -0.2) is 61.5 Å². The summed E-state index contributed by atoms with van der Waals surface area (Å²) < 4.78 is 42.2. The number of carbonyl (C=O) groups excluding carboxylic acids is 1. The van der Waals surface area contributed by atoms with Crippen LogP contribution < -0.4 is 20.7 Å². The highest BCUT2D eigenvalue weighted by Gasteiger charge is 2.60. The first-order chi connectivity index (χ1) is 19.7. The number of rotatable bonds is 8. The third-order valence-corrected chi connectivity index (χ3v) is 9.59. The Morgan fingerprint density at radius 2 is 1.29 bits per heavy atom. The molecule has 0 aliphatic carbocycles. The molecule has 0 bridgehead atoms. The minimum Gasteiger partial charge on any atom is -0.424 e. The molecule has 0 amide bonds. The highest BCUT2D eigenvalue weighted by atomic mass is 31.1. The largest absolute Gasteiger partial charge is 0.424 e. The molecule has 0 aromatic heterocycles. The maximum atomic E-state index is 13.0. The predicted octanol–water partition coefficient (Wildman–Crippen LogP) is 3.76. The van der Waals surface area contributed by atoms with Crippen molar-refractivity contribution in [2.45, 2.75) is 70.0 Å². The Bertz CT molecular complexity index is 1310. The van der Waals surface area contributed by atoms with E-state index < -0.39 is 50.1 Å². The summed E-state index contributed by atoms with van der Waals surface area (Å²) in [7, 11) is -0.944. The lowest BCUT2D eigenvalue weighted by Gasteiger charge is -2.37. The highest BCUT2D eigenvalue weighted by Crippen LogP contribution is 2.44. The lowest BCUT2D eigenvalue weighted by atomic mass is 9.99. The Hall–Kier alpha value is -2.68. The van der Waals surface area contributed by atoms with E-state index in [-0.39, 0.29) is 19.3 Å². The molecule has 3 aliphatic heterocycles. The van der Waals surface area contributed by atoms with Crippen molar-refractivity contribution in [2.75, 3.05) is 13.2 Å². The highest BCUT2D eigenvalue weighted by molar-refractivity contribution is 7.80. The summed E-state index contributed by atoms with van der Waals surface area (Å²) >= 11 is 0. The molecule has 216 valence electrons. The molecular weight excluding hydrogens is 543 g/mol. The Morgan fingerprint density at radius 1 is 0.732 bits per heavy atom. The Labute approximate surface area is 241 Å². The molecule has 0 radical (unpaired) electrons. The zero-order valence-electron chi connectivity index (χ0n) is 23.6. The van der Waals surface area contributed by atoms with E-state index in [0.29, 0.717) is 5.75 Å². The van der Waals surface area contributed by atoms with Gasteiger partial charge >= 0.3 is 5.97 Å². The van der Waals surface area contributed by atoms with Gasteiger partial charge in [0.1, 0.15) is 36.8 Å². The van der Waals surface area contributed by atoms with Gasteiger partial charge in [-0.2, -0.15) is 0 Å². The van der Waals surface area contributed by atoms with Gasteiger partial charge in [0.05, 0.1) is 6.61 Å². The van der Waals surface area contributed by atoms with Crippen LogP contribution in [0.2, 0.25) is 0 Å². The molecule has 0 N–H and O–H groups in total. The maximum absolute atomic E-state index is 13.0. The van der Waals surface area contributed by atoms with Crippen molar-refractivity contribution in [3.63, 3.8) is 0 Å². The molecular formula is C32H35O8P. The van der Waals surface area contributed by atoms with Crippen molar-refractivity contribution in [1.82, 2.24) is 0 Å². The van der Waals surface area contributed by atoms with E-state index in [1.165, 1.54) is 10.6 Å². The number of benzene rings is 3. The SMILES string of the molecule is CC1(C)O[C@H]2[C@@H](O1)[C@@H](COCC(=O)Oc1ccccc1P(c1ccccc1)c1ccccc1)O[C@@H]1OC(C)(C)O[C@@H]12. The second-order valence-corrected chi connectivity index (χ2v) is 13.4. The van der Waals surface area contributed by atoms with Gasteiger partial charge < -0.3 is 33.2 Å². The van der Waals surface area contributed by atoms with E-state index in [1.807, 2.05) is 88.4 Å². The average molecular weight is 579 g/mol. The molecule has 3 heterocycles. The van der Waals surface area contributed by atoms with Crippen molar-refractivity contribution in [3.8, 4) is 5.75 Å². The first-order valence-corrected chi connectivity index (χ1v) is 15.2. The van der Waals surface area contributed by atoms with Crippen molar-refractivity contribution in [1.29, 1.82) is 0 Å². The van der Waals surface area contributed by atoms with Crippen molar-refractivity contribution < 1.29 is 38.0 Å². The standard InChI is InChI=1S/C32H35O8P/c1-31(2)37-27-24(36-30-29(28(27)38-31)39-32(3,4)40-30)19-34-20-26(33)35-23-17-11-12-18-25(23)41(21-13-7-5-8-14-21)22-15-9-6-10-16-22/h5-18,24,27-30H,19-20H2,1-4H3/t24-,27+,28+,29-,30-/m1/s1. The first kappa shape index (κ1) is 28.4. The van der Waals surface area contributed by atoms with Crippen molar-refractivity contribution in [2.24, 2.45) is 0 Å². The number of esters is 1. The van der Waals surface area contributed by atoms with Crippen LogP contribution in [0.3, 0.4) is 0 Å². The van der Waals surface area contributed by atoms with E-state index in [0.717, 1.165) is 5.30 Å². The van der Waals surface area contributed by atoms with Gasteiger partial charge in [0.15, 0.2) is 17.9 Å². The lowest BCUT2D eigenvalue weighted by molar-refractivity contribution is -0.243. The number of carbonyl (C=O) groups is 1. The number of hydrogen-bond acceptors (Lipinski definition) is 8. The van der Waals surface area contributed by atoms with Crippen LogP contribution in [0.1, 0.15) is 27.7 Å². The van der Waals surface area contributed by atoms with Crippen LogP contribution in [0, 0.1) is 0 Å². The minimum absolute atomic E-state index is 0.102. The summed E-state index contributed by atoms with van der Waals surface area (Å²) in [5.74, 6) is -1.59. The Kier molecular flexibility index (Phi) is 8.00. The number of fused-ring (bicyclic) bond motifs is 3. The van der Waals surface area contributed by atoms with Crippen molar-refractivity contribution in [3.05, 3.63) is 84.9 Å². The van der Waals surface area contributed by atoms with Crippen LogP contribution in [0.4, 0.5) is 0 Å². The topological polar surface area (TPSA) is 81.7 Å². The van der Waals surface area contributed by atoms with Gasteiger partial charge in [-0.3, -0.25) is 0 Å². The molecule has 5 atom stereocenters. The fourth-order valence-electron chi connectivity index (χ4n) is 5.55. The minimum atomic E-state index is -0.944. The Morgan fingerprint density at radius 3 is 1.98 bits per heavy atom. The molecule has 3 aromatic carbocycles. The first-order valence-electron chi connectivity index (χ1n) is 13.8. The summed E-state index contributed by atoms with van der Waals surface area (Å²) in [6.45, 7) is 7.24. The summed E-state index contributed by atoms with van der Waals surface area (Å²) in [4.78, 5) is 13.0. The number of hydrogen-bond donors (Lipinski definition) is 0. The molecule has 3 saturated heterocycles. The zero-order valence-corrected chi connectivity index (χ0v) is 24.5. The lowest BCUT2D eigenvalue weighted by Crippen LogP contribution is -2.56. The molecule has 0 saturated carbocycles. The van der Waals surface area contributed by atoms with E-state index in [4.69, 9.17) is 33.2 Å². The van der Waals surface area contributed by atoms with Gasteiger partial charge in [0, 0.05) is 5.30 Å². The van der Waals surface area contributed by atoms with Crippen LogP contribution in [-0.2, 0) is 33.2 Å². The molecule has 0 spiro atoms. The molecule has 8 nitrogen and oxygen atoms in total. The van der Waals surface area contributed by atoms with Gasteiger partial charge in [-0.05, 0) is 52.3 Å². The van der Waals surface area contributed by atoms with Gasteiger partial charge in [-0.1, -0.05) is 78.9 Å². The molecule has 3 fully saturated rings. The van der Waals surface area contributed by atoms with Gasteiger partial charge in [-0.25, -0.2) is 4.79 Å². The number of para-hydroxylation sites is 1. The van der Waals surface area contributed by atoms with Gasteiger partial charge in [0.2, 0.25) is 0 Å². The van der Waals surface area contributed by atoms with E-state index in [2.05, 4.69) is 24.3 Å². The fourth-order valence-corrected chi connectivity index (χ4v) is 7.92. The smallest absolute Gasteiger partial charge is 0.337 e. The van der Waals surface area contributed by atoms with E-state index >= 15 is 0 Å². The van der Waals surface area contributed by atoms with Crippen LogP contribution >= 0.6 is 7.92 Å². The summed E-state index contributed by atoms with van der Waals surface area (Å²) in [6, 6.07) is 28.2. The van der Waals surface area contributed by atoms with Crippen molar-refractivity contribution >= 4 is 29.8 Å². The number of ether oxygens (including phenoxy) is 7. The predicted molar refractivity (Wildman–Crippen MR) is 154 cm³/mol. The second kappa shape index (κ2) is 11.5. The molecule has 41 heavy (non-hydrogen) atoms. The van der Waals surface area contributed by atoms with Gasteiger partial charge in [-0.15, -0.1) is 0 Å². The zero-order chi connectivity index (χ0) is 28.6. The van der Waals surface area contributed by atoms with Crippen LogP contribution in [0.15, 0.2) is 84.9 Å². The van der Waals surface area contributed by atoms with Crippen LogP contribution in [0.5, 0.6) is 5.75 Å². The third kappa shape index (κ3) is 6.25. The second-order valence-electron chi connectivity index (χ2n) is 11.2. The van der Waals surface area contributed by atoms with E-state index in [9.17, 15) is 4.79 Å². The molecule has 6 rings (SSSR count). The maximum Gasteiger partial charge on any atom is 0.337 e. The normalized spacial score (nSPS) is 27.8. The average Bonchev–Trinajstić information content (AvgIpc) is 3.45. The molecule has 3 aliphatic rings. The van der Waals surface area contributed by atoms with Gasteiger partial charge in [0.25, 0.3) is 0 Å². The molecule has 3 aromatic rings. The van der Waals surface area contributed by atoms with E-state index in [1.54, 1.807) is 0 Å². The summed E-state index contributed by atoms with van der Waals surface area (Å²) in [5, 5.41) is 3.29. The quantitative estimate of drug-likeness (QED) is 0.227. The Balaban J connectivity index is 1.14. The fraction of sp³-hybridized carbons (Fsp3) is 0.406. The monoisotopic (exact) mass is 578 g/mol. The van der Waals surface area contributed by atoms with Crippen LogP contribution in [0.25, 0.3) is 0 Å². The summed E-state index contributed by atoms with van der Waals surface area (Å²) in [6.07, 6.45) is -2.36. The summed E-state index contributed by atoms with van der Waals surface area (Å²) in [5.41, 5.74) is 0. The third-order valence-electron chi connectivity index (χ3n) is 7.11.